The molecule has 0 aromatic heterocycles. The molecule has 0 atom stereocenters. The number of benzene rings is 2. The van der Waals surface area contributed by atoms with Crippen LogP contribution in [0.1, 0.15) is 18.9 Å². The van der Waals surface area contributed by atoms with E-state index >= 15 is 0 Å². The second-order valence-corrected chi connectivity index (χ2v) is 6.09. The molecule has 2 aromatic carbocycles. The third-order valence-corrected chi connectivity index (χ3v) is 4.09. The molecule has 128 valence electrons. The highest BCUT2D eigenvalue weighted by molar-refractivity contribution is 6.36. The fourth-order valence-electron chi connectivity index (χ4n) is 2.71. The van der Waals surface area contributed by atoms with Gasteiger partial charge in [-0.25, -0.2) is 4.39 Å². The van der Waals surface area contributed by atoms with Gasteiger partial charge in [0.1, 0.15) is 11.5 Å². The van der Waals surface area contributed by atoms with Gasteiger partial charge in [0.15, 0.2) is 0 Å². The van der Waals surface area contributed by atoms with Gasteiger partial charge in [0, 0.05) is 17.3 Å². The summed E-state index contributed by atoms with van der Waals surface area (Å²) in [5, 5.41) is 3.44. The number of hydrogen-bond acceptors (Lipinski definition) is 3. The van der Waals surface area contributed by atoms with Gasteiger partial charge in [-0.2, -0.15) is 0 Å². The van der Waals surface area contributed by atoms with E-state index in [0.717, 1.165) is 0 Å². The van der Waals surface area contributed by atoms with Crippen LogP contribution in [0, 0.1) is 5.82 Å². The highest BCUT2D eigenvalue weighted by Crippen LogP contribution is 2.31. The van der Waals surface area contributed by atoms with E-state index in [1.54, 1.807) is 30.3 Å². The zero-order valence-electron chi connectivity index (χ0n) is 13.6. The van der Waals surface area contributed by atoms with Crippen LogP contribution in [0.2, 0.25) is 5.02 Å². The van der Waals surface area contributed by atoms with E-state index < -0.39 is 11.7 Å². The summed E-state index contributed by atoms with van der Waals surface area (Å²) in [5.41, 5.74) is 1.40. The zero-order chi connectivity index (χ0) is 18.0. The zero-order valence-corrected chi connectivity index (χ0v) is 14.3. The van der Waals surface area contributed by atoms with Crippen LogP contribution in [0.5, 0.6) is 0 Å². The lowest BCUT2D eigenvalue weighted by Crippen LogP contribution is -2.33. The molecule has 0 radical (unpaired) electrons. The minimum atomic E-state index is -0.430. The number of nitrogens with zero attached hydrogens (tertiary/aromatic N) is 1. The third kappa shape index (κ3) is 3.42. The number of imide groups is 1. The highest BCUT2D eigenvalue weighted by atomic mass is 35.5. The number of carbonyl (C=O) groups excluding carboxylic acids is 2. The van der Waals surface area contributed by atoms with E-state index in [1.165, 1.54) is 23.1 Å². The van der Waals surface area contributed by atoms with Gasteiger partial charge in [0.25, 0.3) is 11.8 Å². The van der Waals surface area contributed by atoms with E-state index in [0.29, 0.717) is 29.2 Å². The van der Waals surface area contributed by atoms with Gasteiger partial charge < -0.3 is 5.32 Å². The summed E-state index contributed by atoms with van der Waals surface area (Å²) in [4.78, 5) is 26.7. The predicted octanol–water partition coefficient (Wildman–Crippen LogP) is 4.08. The second kappa shape index (κ2) is 7.07. The maximum atomic E-state index is 13.4. The Labute approximate surface area is 149 Å². The number of hydrogen-bond donors (Lipinski definition) is 1. The minimum Gasteiger partial charge on any atom is -0.350 e. The molecule has 4 nitrogen and oxygen atoms in total. The molecular formula is C19H16ClFN2O2. The third-order valence-electron chi connectivity index (χ3n) is 3.84. The molecule has 0 aliphatic carbocycles. The molecule has 0 fully saturated rings. The van der Waals surface area contributed by atoms with Crippen LogP contribution in [0.25, 0.3) is 5.57 Å². The lowest BCUT2D eigenvalue weighted by Gasteiger charge is -2.13. The van der Waals surface area contributed by atoms with Crippen molar-refractivity contribution in [2.45, 2.75) is 13.3 Å². The van der Waals surface area contributed by atoms with Gasteiger partial charge in [-0.05, 0) is 42.3 Å². The van der Waals surface area contributed by atoms with Crippen molar-refractivity contribution in [2.24, 2.45) is 0 Å². The fraction of sp³-hybridized carbons (Fsp3) is 0.158. The topological polar surface area (TPSA) is 49.4 Å². The number of nitrogens with one attached hydrogen (secondary N) is 1. The Morgan fingerprint density at radius 2 is 1.80 bits per heavy atom. The van der Waals surface area contributed by atoms with Gasteiger partial charge in [-0.1, -0.05) is 36.7 Å². The van der Waals surface area contributed by atoms with Crippen molar-refractivity contribution in [2.75, 3.05) is 11.9 Å². The molecule has 0 spiro atoms. The molecule has 0 bridgehead atoms. The summed E-state index contributed by atoms with van der Waals surface area (Å²) in [7, 11) is 0. The summed E-state index contributed by atoms with van der Waals surface area (Å²) < 4.78 is 13.4. The van der Waals surface area contributed by atoms with Crippen LogP contribution < -0.4 is 5.32 Å². The van der Waals surface area contributed by atoms with Crippen molar-refractivity contribution in [3.05, 3.63) is 70.6 Å². The normalized spacial score (nSPS) is 14.4. The van der Waals surface area contributed by atoms with E-state index in [4.69, 9.17) is 11.6 Å². The summed E-state index contributed by atoms with van der Waals surface area (Å²) in [6.45, 7) is 2.21. The Kier molecular flexibility index (Phi) is 4.86. The molecule has 0 saturated carbocycles. The predicted molar refractivity (Wildman–Crippen MR) is 95.4 cm³/mol. The number of anilines is 1. The molecule has 6 heteroatoms. The minimum absolute atomic E-state index is 0.145. The van der Waals surface area contributed by atoms with Crippen molar-refractivity contribution in [1.29, 1.82) is 0 Å². The molecule has 1 heterocycles. The lowest BCUT2D eigenvalue weighted by atomic mass is 10.0. The molecule has 0 unspecified atom stereocenters. The Hall–Kier alpha value is -2.66. The Bertz CT molecular complexity index is 862. The van der Waals surface area contributed by atoms with E-state index in [1.807, 2.05) is 6.92 Å². The van der Waals surface area contributed by atoms with Crippen LogP contribution in [0.15, 0.2) is 54.2 Å². The number of rotatable bonds is 5. The maximum absolute atomic E-state index is 13.4. The maximum Gasteiger partial charge on any atom is 0.278 e. The fourth-order valence-corrected chi connectivity index (χ4v) is 2.84. The highest BCUT2D eigenvalue weighted by Gasteiger charge is 2.38. The summed E-state index contributed by atoms with van der Waals surface area (Å²) in [5.74, 6) is -1.21. The molecule has 1 aliphatic heterocycles. The van der Waals surface area contributed by atoms with Gasteiger partial charge in [-0.3, -0.25) is 14.5 Å². The second-order valence-electron chi connectivity index (χ2n) is 5.65. The van der Waals surface area contributed by atoms with Crippen molar-refractivity contribution in [1.82, 2.24) is 4.90 Å². The monoisotopic (exact) mass is 358 g/mol. The summed E-state index contributed by atoms with van der Waals surface area (Å²) in [6.07, 6.45) is 0.651. The van der Waals surface area contributed by atoms with Crippen LogP contribution >= 0.6 is 11.6 Å². The largest absolute Gasteiger partial charge is 0.350 e. The molecule has 3 rings (SSSR count). The summed E-state index contributed by atoms with van der Waals surface area (Å²) >= 11 is 5.91. The molecule has 2 amide bonds. The quantitative estimate of drug-likeness (QED) is 0.819. The van der Waals surface area contributed by atoms with Gasteiger partial charge >= 0.3 is 0 Å². The average Bonchev–Trinajstić information content (AvgIpc) is 2.81. The molecule has 25 heavy (non-hydrogen) atoms. The molecule has 1 aliphatic rings. The molecule has 0 saturated heterocycles. The standard InChI is InChI=1S/C19H16ClFN2O2/c1-2-10-23-18(24)16(12-6-8-13(20)9-7-12)17(19(23)25)22-15-5-3-4-14(21)11-15/h3-9,11,22H,2,10H2,1H3. The number of halogens is 2. The first kappa shape index (κ1) is 17.2. The van der Waals surface area contributed by atoms with Crippen molar-refractivity contribution in [3.63, 3.8) is 0 Å². The summed E-state index contributed by atoms with van der Waals surface area (Å²) in [6, 6.07) is 12.4. The van der Waals surface area contributed by atoms with Gasteiger partial charge in [-0.15, -0.1) is 0 Å². The number of amides is 2. The molecule has 1 N–H and O–H groups in total. The van der Waals surface area contributed by atoms with Gasteiger partial charge in [0.2, 0.25) is 0 Å². The Balaban J connectivity index is 2.07. The smallest absolute Gasteiger partial charge is 0.278 e. The Morgan fingerprint density at radius 3 is 2.44 bits per heavy atom. The van der Waals surface area contributed by atoms with Crippen molar-refractivity contribution < 1.29 is 14.0 Å². The molecular weight excluding hydrogens is 343 g/mol. The average molecular weight is 359 g/mol. The SMILES string of the molecule is CCCN1C(=O)C(Nc2cccc(F)c2)=C(c2ccc(Cl)cc2)C1=O. The first-order valence-electron chi connectivity index (χ1n) is 7.90. The lowest BCUT2D eigenvalue weighted by molar-refractivity contribution is -0.136. The van der Waals surface area contributed by atoms with Crippen molar-refractivity contribution in [3.8, 4) is 0 Å². The first-order chi connectivity index (χ1) is 12.0. The van der Waals surface area contributed by atoms with Crippen LogP contribution in [-0.4, -0.2) is 23.3 Å². The van der Waals surface area contributed by atoms with Crippen LogP contribution in [0.3, 0.4) is 0 Å². The first-order valence-corrected chi connectivity index (χ1v) is 8.28. The van der Waals surface area contributed by atoms with Crippen LogP contribution in [0.4, 0.5) is 10.1 Å². The number of carbonyl (C=O) groups is 2. The van der Waals surface area contributed by atoms with Crippen LogP contribution in [-0.2, 0) is 9.59 Å². The van der Waals surface area contributed by atoms with E-state index in [9.17, 15) is 14.0 Å². The van der Waals surface area contributed by atoms with Gasteiger partial charge in [0.05, 0.1) is 5.57 Å². The molecule has 2 aromatic rings. The Morgan fingerprint density at radius 1 is 1.08 bits per heavy atom. The van der Waals surface area contributed by atoms with E-state index in [-0.39, 0.29) is 17.2 Å². The van der Waals surface area contributed by atoms with E-state index in [2.05, 4.69) is 5.32 Å². The van der Waals surface area contributed by atoms with Crippen molar-refractivity contribution >= 4 is 34.7 Å².